The molecule has 2 aliphatic carbocycles. The molecular weight excluding hydrogens is 252 g/mol. The molecule has 1 aromatic heterocycles. The van der Waals surface area contributed by atoms with Gasteiger partial charge in [0.1, 0.15) is 5.82 Å². The number of aromatic nitrogens is 2. The summed E-state index contributed by atoms with van der Waals surface area (Å²) in [6, 6.07) is 5.72. The van der Waals surface area contributed by atoms with Gasteiger partial charge in [-0.25, -0.2) is 9.78 Å². The summed E-state index contributed by atoms with van der Waals surface area (Å²) in [6.07, 6.45) is 4.99. The number of fused-ring (bicyclic) bond motifs is 1. The zero-order chi connectivity index (χ0) is 13.9. The van der Waals surface area contributed by atoms with Crippen LogP contribution in [0.15, 0.2) is 18.2 Å². The van der Waals surface area contributed by atoms with Gasteiger partial charge in [0.2, 0.25) is 0 Å². The predicted molar refractivity (Wildman–Crippen MR) is 76.1 cm³/mol. The highest BCUT2D eigenvalue weighted by molar-refractivity contribution is 5.92. The van der Waals surface area contributed by atoms with Crippen LogP contribution in [0.4, 0.5) is 0 Å². The molecule has 1 heterocycles. The first-order chi connectivity index (χ1) is 9.65. The van der Waals surface area contributed by atoms with Crippen molar-refractivity contribution < 1.29 is 9.90 Å². The number of benzene rings is 1. The van der Waals surface area contributed by atoms with Crippen molar-refractivity contribution in [2.45, 2.75) is 44.6 Å². The second-order valence-corrected chi connectivity index (χ2v) is 6.20. The zero-order valence-corrected chi connectivity index (χ0v) is 11.5. The topological polar surface area (TPSA) is 55.1 Å². The number of aromatic carboxylic acids is 1. The Morgan fingerprint density at radius 2 is 2.10 bits per heavy atom. The average Bonchev–Trinajstić information content (AvgIpc) is 3.32. The fourth-order valence-electron chi connectivity index (χ4n) is 3.09. The number of imidazole rings is 1. The molecule has 0 amide bonds. The molecule has 0 bridgehead atoms. The standard InChI is InChI=1S/C16H18N2O2/c1-9(10-2-3-10)18-14-8-12(16(19)20)6-7-13(14)17-15(18)11-4-5-11/h6-11H,2-5H2,1H3,(H,19,20). The highest BCUT2D eigenvalue weighted by Gasteiger charge is 2.36. The van der Waals surface area contributed by atoms with E-state index in [1.807, 2.05) is 6.07 Å². The molecule has 4 nitrogen and oxygen atoms in total. The Bertz CT molecular complexity index is 696. The monoisotopic (exact) mass is 270 g/mol. The molecule has 2 aromatic rings. The molecule has 4 rings (SSSR count). The van der Waals surface area contributed by atoms with Gasteiger partial charge in [-0.1, -0.05) is 0 Å². The van der Waals surface area contributed by atoms with Gasteiger partial charge in [-0.2, -0.15) is 0 Å². The number of carbonyl (C=O) groups is 1. The molecule has 0 saturated heterocycles. The first-order valence-corrected chi connectivity index (χ1v) is 7.40. The minimum Gasteiger partial charge on any atom is -0.478 e. The number of hydrogen-bond donors (Lipinski definition) is 1. The van der Waals surface area contributed by atoms with Crippen molar-refractivity contribution in [3.8, 4) is 0 Å². The fourth-order valence-corrected chi connectivity index (χ4v) is 3.09. The third kappa shape index (κ3) is 1.82. The van der Waals surface area contributed by atoms with Gasteiger partial charge in [0, 0.05) is 12.0 Å². The van der Waals surface area contributed by atoms with Crippen molar-refractivity contribution in [1.29, 1.82) is 0 Å². The van der Waals surface area contributed by atoms with Crippen LogP contribution >= 0.6 is 0 Å². The summed E-state index contributed by atoms with van der Waals surface area (Å²) in [7, 11) is 0. The van der Waals surface area contributed by atoms with Gasteiger partial charge >= 0.3 is 5.97 Å². The van der Waals surface area contributed by atoms with E-state index in [0.717, 1.165) is 17.0 Å². The van der Waals surface area contributed by atoms with E-state index in [0.29, 0.717) is 17.5 Å². The summed E-state index contributed by atoms with van der Waals surface area (Å²) in [4.78, 5) is 16.0. The summed E-state index contributed by atoms with van der Waals surface area (Å²) in [5.74, 6) is 1.61. The van der Waals surface area contributed by atoms with Crippen LogP contribution in [0.2, 0.25) is 0 Å². The van der Waals surface area contributed by atoms with Gasteiger partial charge in [-0.05, 0) is 56.7 Å². The van der Waals surface area contributed by atoms with Crippen molar-refractivity contribution in [2.24, 2.45) is 5.92 Å². The van der Waals surface area contributed by atoms with Gasteiger partial charge in [-0.3, -0.25) is 0 Å². The molecule has 104 valence electrons. The van der Waals surface area contributed by atoms with Crippen molar-refractivity contribution >= 4 is 17.0 Å². The van der Waals surface area contributed by atoms with Gasteiger partial charge in [0.15, 0.2) is 0 Å². The average molecular weight is 270 g/mol. The van der Waals surface area contributed by atoms with Crippen molar-refractivity contribution in [1.82, 2.24) is 9.55 Å². The Morgan fingerprint density at radius 1 is 1.35 bits per heavy atom. The third-order valence-corrected chi connectivity index (χ3v) is 4.62. The molecule has 4 heteroatoms. The van der Waals surface area contributed by atoms with Gasteiger partial charge < -0.3 is 9.67 Å². The normalized spacial score (nSPS) is 20.2. The largest absolute Gasteiger partial charge is 0.478 e. The molecule has 0 aliphatic heterocycles. The van der Waals surface area contributed by atoms with Crippen LogP contribution in [0, 0.1) is 5.92 Å². The second-order valence-electron chi connectivity index (χ2n) is 6.20. The molecule has 0 radical (unpaired) electrons. The Balaban J connectivity index is 1.92. The first kappa shape index (κ1) is 11.9. The first-order valence-electron chi connectivity index (χ1n) is 7.40. The Labute approximate surface area is 117 Å². The van der Waals surface area contributed by atoms with E-state index in [9.17, 15) is 9.90 Å². The predicted octanol–water partition coefficient (Wildman–Crippen LogP) is 3.58. The SMILES string of the molecule is CC(C1CC1)n1c(C2CC2)nc2ccc(C(=O)O)cc21. The lowest BCUT2D eigenvalue weighted by Gasteiger charge is -2.17. The minimum absolute atomic E-state index is 0.351. The Morgan fingerprint density at radius 3 is 2.70 bits per heavy atom. The molecule has 1 atom stereocenters. The molecule has 1 aromatic carbocycles. The highest BCUT2D eigenvalue weighted by atomic mass is 16.4. The second kappa shape index (κ2) is 4.08. The van der Waals surface area contributed by atoms with Crippen molar-refractivity contribution in [3.63, 3.8) is 0 Å². The summed E-state index contributed by atoms with van der Waals surface area (Å²) in [5, 5.41) is 9.19. The smallest absolute Gasteiger partial charge is 0.335 e. The molecule has 2 fully saturated rings. The Hall–Kier alpha value is -1.84. The maximum absolute atomic E-state index is 11.2. The molecule has 1 unspecified atom stereocenters. The molecule has 1 N–H and O–H groups in total. The summed E-state index contributed by atoms with van der Waals surface area (Å²) >= 11 is 0. The van der Waals surface area contributed by atoms with Crippen LogP contribution < -0.4 is 0 Å². The highest BCUT2D eigenvalue weighted by Crippen LogP contribution is 2.46. The van der Waals surface area contributed by atoms with Crippen LogP contribution in [-0.2, 0) is 0 Å². The van der Waals surface area contributed by atoms with E-state index >= 15 is 0 Å². The number of nitrogens with zero attached hydrogens (tertiary/aromatic N) is 2. The maximum atomic E-state index is 11.2. The van der Waals surface area contributed by atoms with Crippen LogP contribution in [0.5, 0.6) is 0 Å². The molecule has 0 spiro atoms. The lowest BCUT2D eigenvalue weighted by molar-refractivity contribution is 0.0697. The van der Waals surface area contributed by atoms with E-state index in [4.69, 9.17) is 4.98 Å². The number of hydrogen-bond acceptors (Lipinski definition) is 2. The molecule has 20 heavy (non-hydrogen) atoms. The number of carboxylic acid groups (broad SMARTS) is 1. The van der Waals surface area contributed by atoms with E-state index in [2.05, 4.69) is 11.5 Å². The van der Waals surface area contributed by atoms with Crippen LogP contribution in [0.25, 0.3) is 11.0 Å². The number of carboxylic acids is 1. The summed E-state index contributed by atoms with van der Waals surface area (Å²) in [6.45, 7) is 2.25. The van der Waals surface area contributed by atoms with Crippen LogP contribution in [0.3, 0.4) is 0 Å². The van der Waals surface area contributed by atoms with E-state index in [1.165, 1.54) is 31.5 Å². The zero-order valence-electron chi connectivity index (χ0n) is 11.5. The summed E-state index contributed by atoms with van der Waals surface area (Å²) in [5.41, 5.74) is 2.28. The Kier molecular flexibility index (Phi) is 2.43. The molecule has 2 aliphatic rings. The lowest BCUT2D eigenvalue weighted by atomic mass is 10.1. The number of rotatable bonds is 4. The maximum Gasteiger partial charge on any atom is 0.335 e. The van der Waals surface area contributed by atoms with Crippen molar-refractivity contribution in [2.75, 3.05) is 0 Å². The van der Waals surface area contributed by atoms with Gasteiger partial charge in [-0.15, -0.1) is 0 Å². The van der Waals surface area contributed by atoms with Gasteiger partial charge in [0.05, 0.1) is 16.6 Å². The van der Waals surface area contributed by atoms with Crippen LogP contribution in [-0.4, -0.2) is 20.6 Å². The fraction of sp³-hybridized carbons (Fsp3) is 0.500. The van der Waals surface area contributed by atoms with Crippen LogP contribution in [0.1, 0.15) is 60.7 Å². The summed E-state index contributed by atoms with van der Waals surface area (Å²) < 4.78 is 2.32. The molecular formula is C16H18N2O2. The van der Waals surface area contributed by atoms with Crippen molar-refractivity contribution in [3.05, 3.63) is 29.6 Å². The lowest BCUT2D eigenvalue weighted by Crippen LogP contribution is -2.11. The minimum atomic E-state index is -0.869. The van der Waals surface area contributed by atoms with Gasteiger partial charge in [0.25, 0.3) is 0 Å². The molecule has 2 saturated carbocycles. The quantitative estimate of drug-likeness (QED) is 0.923. The van der Waals surface area contributed by atoms with E-state index in [1.54, 1.807) is 12.1 Å². The van der Waals surface area contributed by atoms with E-state index < -0.39 is 5.97 Å². The third-order valence-electron chi connectivity index (χ3n) is 4.62. The van der Waals surface area contributed by atoms with E-state index in [-0.39, 0.29) is 0 Å².